The molecule has 27 heavy (non-hydrogen) atoms. The molecule has 5 nitrogen and oxygen atoms in total. The number of benzene rings is 2. The molecule has 0 saturated carbocycles. The minimum absolute atomic E-state index is 0.0937. The zero-order valence-corrected chi connectivity index (χ0v) is 15.8. The molecule has 1 N–H and O–H groups in total. The number of nitrogens with zero attached hydrogens (tertiary/aromatic N) is 2. The molecule has 0 aliphatic carbocycles. The number of ether oxygens (including phenoxy) is 1. The van der Waals surface area contributed by atoms with Gasteiger partial charge in [-0.15, -0.1) is 0 Å². The predicted molar refractivity (Wildman–Crippen MR) is 107 cm³/mol. The van der Waals surface area contributed by atoms with Crippen molar-refractivity contribution in [3.63, 3.8) is 0 Å². The van der Waals surface area contributed by atoms with E-state index in [9.17, 15) is 4.79 Å². The van der Waals surface area contributed by atoms with Gasteiger partial charge < -0.3 is 15.0 Å². The van der Waals surface area contributed by atoms with E-state index in [4.69, 9.17) is 4.74 Å². The highest BCUT2D eigenvalue weighted by Gasteiger charge is 2.18. The highest BCUT2D eigenvalue weighted by molar-refractivity contribution is 5.99. The fourth-order valence-corrected chi connectivity index (χ4v) is 2.87. The molecule has 3 aromatic rings. The van der Waals surface area contributed by atoms with Crippen molar-refractivity contribution in [2.45, 2.75) is 13.5 Å². The number of para-hydroxylation sites is 2. The maximum absolute atomic E-state index is 13.0. The number of rotatable bonds is 6. The highest BCUT2D eigenvalue weighted by Crippen LogP contribution is 2.28. The first kappa shape index (κ1) is 18.5. The van der Waals surface area contributed by atoms with Crippen LogP contribution in [-0.4, -0.2) is 29.9 Å². The van der Waals surface area contributed by atoms with Gasteiger partial charge in [-0.05, 0) is 42.3 Å². The third kappa shape index (κ3) is 4.26. The van der Waals surface area contributed by atoms with Crippen molar-refractivity contribution >= 4 is 17.4 Å². The van der Waals surface area contributed by atoms with E-state index in [0.717, 1.165) is 16.8 Å². The fraction of sp³-hybridized carbons (Fsp3) is 0.182. The number of carbonyl (C=O) groups excluding carboxylic acids is 1. The van der Waals surface area contributed by atoms with Crippen LogP contribution in [0.4, 0.5) is 11.5 Å². The van der Waals surface area contributed by atoms with Crippen molar-refractivity contribution in [1.82, 2.24) is 9.88 Å². The van der Waals surface area contributed by atoms with E-state index >= 15 is 0 Å². The molecular weight excluding hydrogens is 338 g/mol. The van der Waals surface area contributed by atoms with Gasteiger partial charge in [0, 0.05) is 19.8 Å². The summed E-state index contributed by atoms with van der Waals surface area (Å²) in [7, 11) is 3.41. The Hall–Kier alpha value is -3.34. The lowest BCUT2D eigenvalue weighted by molar-refractivity contribution is 0.0785. The number of amides is 1. The van der Waals surface area contributed by atoms with Gasteiger partial charge in [-0.3, -0.25) is 4.79 Å². The summed E-state index contributed by atoms with van der Waals surface area (Å²) in [5.41, 5.74) is 3.56. The van der Waals surface area contributed by atoms with Crippen LogP contribution in [0.2, 0.25) is 0 Å². The minimum atomic E-state index is -0.0937. The Bertz CT molecular complexity index is 940. The fourth-order valence-electron chi connectivity index (χ4n) is 2.87. The average Bonchev–Trinajstić information content (AvgIpc) is 2.70. The smallest absolute Gasteiger partial charge is 0.257 e. The van der Waals surface area contributed by atoms with E-state index in [-0.39, 0.29) is 5.91 Å². The molecule has 0 atom stereocenters. The number of pyridine rings is 1. The summed E-state index contributed by atoms with van der Waals surface area (Å²) in [6.07, 6.45) is 1.66. The SMILES string of the molecule is COc1ccccc1Nc1ncccc1C(=O)N(C)Cc1ccccc1C. The predicted octanol–water partition coefficient (Wildman–Crippen LogP) is 4.41. The number of carbonyl (C=O) groups is 1. The van der Waals surface area contributed by atoms with Crippen molar-refractivity contribution in [3.8, 4) is 5.75 Å². The Morgan fingerprint density at radius 3 is 2.59 bits per heavy atom. The molecule has 0 bridgehead atoms. The Labute approximate surface area is 159 Å². The lowest BCUT2D eigenvalue weighted by Gasteiger charge is -2.20. The van der Waals surface area contributed by atoms with Crippen molar-refractivity contribution in [1.29, 1.82) is 0 Å². The molecule has 0 aliphatic rings. The van der Waals surface area contributed by atoms with Crippen LogP contribution in [0.1, 0.15) is 21.5 Å². The van der Waals surface area contributed by atoms with Crippen LogP contribution >= 0.6 is 0 Å². The van der Waals surface area contributed by atoms with E-state index in [1.54, 1.807) is 37.4 Å². The second-order valence-electron chi connectivity index (χ2n) is 6.31. The van der Waals surface area contributed by atoms with Gasteiger partial charge >= 0.3 is 0 Å². The lowest BCUT2D eigenvalue weighted by atomic mass is 10.1. The Morgan fingerprint density at radius 2 is 1.81 bits per heavy atom. The highest BCUT2D eigenvalue weighted by atomic mass is 16.5. The van der Waals surface area contributed by atoms with Crippen LogP contribution < -0.4 is 10.1 Å². The lowest BCUT2D eigenvalue weighted by Crippen LogP contribution is -2.27. The Balaban J connectivity index is 1.84. The van der Waals surface area contributed by atoms with Crippen LogP contribution in [0.3, 0.4) is 0 Å². The molecule has 1 heterocycles. The molecule has 1 aromatic heterocycles. The van der Waals surface area contributed by atoms with Gasteiger partial charge in [-0.2, -0.15) is 0 Å². The van der Waals surface area contributed by atoms with Crippen molar-refractivity contribution in [3.05, 3.63) is 83.6 Å². The summed E-state index contributed by atoms with van der Waals surface area (Å²) in [5.74, 6) is 1.10. The van der Waals surface area contributed by atoms with E-state index < -0.39 is 0 Å². The summed E-state index contributed by atoms with van der Waals surface area (Å²) in [6, 6.07) is 19.2. The Kier molecular flexibility index (Phi) is 5.71. The first-order chi connectivity index (χ1) is 13.1. The molecular formula is C22H23N3O2. The summed E-state index contributed by atoms with van der Waals surface area (Å²) in [4.78, 5) is 19.1. The number of nitrogens with one attached hydrogen (secondary N) is 1. The van der Waals surface area contributed by atoms with Crippen molar-refractivity contribution in [2.75, 3.05) is 19.5 Å². The van der Waals surface area contributed by atoms with Gasteiger partial charge in [-0.25, -0.2) is 4.98 Å². The first-order valence-electron chi connectivity index (χ1n) is 8.75. The van der Waals surface area contributed by atoms with Gasteiger partial charge in [0.25, 0.3) is 5.91 Å². The van der Waals surface area contributed by atoms with Gasteiger partial charge in [0.05, 0.1) is 18.4 Å². The van der Waals surface area contributed by atoms with Crippen molar-refractivity contribution < 1.29 is 9.53 Å². The molecule has 0 saturated heterocycles. The van der Waals surface area contributed by atoms with Crippen LogP contribution in [-0.2, 0) is 6.54 Å². The molecule has 2 aromatic carbocycles. The number of aryl methyl sites for hydroxylation is 1. The van der Waals surface area contributed by atoms with Gasteiger partial charge in [0.15, 0.2) is 0 Å². The topological polar surface area (TPSA) is 54.5 Å². The standard InChI is InChI=1S/C22H23N3O2/c1-16-9-4-5-10-17(16)15-25(2)22(26)18-11-8-14-23-21(18)24-19-12-6-7-13-20(19)27-3/h4-14H,15H2,1-3H3,(H,23,24). The summed E-state index contributed by atoms with van der Waals surface area (Å²) < 4.78 is 5.37. The van der Waals surface area contributed by atoms with E-state index in [1.165, 1.54) is 0 Å². The van der Waals surface area contributed by atoms with Gasteiger partial charge in [0.2, 0.25) is 0 Å². The molecule has 0 fully saturated rings. The van der Waals surface area contributed by atoms with E-state index in [2.05, 4.69) is 10.3 Å². The number of anilines is 2. The van der Waals surface area contributed by atoms with E-state index in [0.29, 0.717) is 23.7 Å². The van der Waals surface area contributed by atoms with Gasteiger partial charge in [-0.1, -0.05) is 36.4 Å². The molecule has 1 amide bonds. The van der Waals surface area contributed by atoms with E-state index in [1.807, 2.05) is 55.5 Å². The van der Waals surface area contributed by atoms with Crippen LogP contribution in [0, 0.1) is 6.92 Å². The second kappa shape index (κ2) is 8.36. The molecule has 3 rings (SSSR count). The summed E-state index contributed by atoms with van der Waals surface area (Å²) in [5, 5.41) is 3.22. The van der Waals surface area contributed by atoms with Crippen molar-refractivity contribution in [2.24, 2.45) is 0 Å². The normalized spacial score (nSPS) is 10.3. The monoisotopic (exact) mass is 361 g/mol. The number of hydrogen-bond acceptors (Lipinski definition) is 4. The third-order valence-corrected chi connectivity index (χ3v) is 4.41. The molecule has 0 spiro atoms. The largest absolute Gasteiger partial charge is 0.495 e. The maximum atomic E-state index is 13.0. The third-order valence-electron chi connectivity index (χ3n) is 4.41. The first-order valence-corrected chi connectivity index (χ1v) is 8.75. The molecule has 0 radical (unpaired) electrons. The quantitative estimate of drug-likeness (QED) is 0.706. The van der Waals surface area contributed by atoms with Crippen LogP contribution in [0.5, 0.6) is 5.75 Å². The number of aromatic nitrogens is 1. The molecule has 138 valence electrons. The minimum Gasteiger partial charge on any atom is -0.495 e. The molecule has 0 unspecified atom stereocenters. The number of methoxy groups -OCH3 is 1. The molecule has 0 aliphatic heterocycles. The zero-order chi connectivity index (χ0) is 19.2. The summed E-state index contributed by atoms with van der Waals surface area (Å²) in [6.45, 7) is 2.58. The second-order valence-corrected chi connectivity index (χ2v) is 6.31. The van der Waals surface area contributed by atoms with Gasteiger partial charge in [0.1, 0.15) is 11.6 Å². The Morgan fingerprint density at radius 1 is 1.07 bits per heavy atom. The van der Waals surface area contributed by atoms with Crippen LogP contribution in [0.25, 0.3) is 0 Å². The number of hydrogen-bond donors (Lipinski definition) is 1. The maximum Gasteiger partial charge on any atom is 0.257 e. The van der Waals surface area contributed by atoms with Crippen LogP contribution in [0.15, 0.2) is 66.9 Å². The zero-order valence-electron chi connectivity index (χ0n) is 15.8. The summed E-state index contributed by atoms with van der Waals surface area (Å²) >= 11 is 0. The average molecular weight is 361 g/mol. The molecule has 5 heteroatoms.